The van der Waals surface area contributed by atoms with E-state index in [1.807, 2.05) is 13.8 Å². The number of rotatable bonds is 8. The summed E-state index contributed by atoms with van der Waals surface area (Å²) in [5.74, 6) is -0.316. The monoisotopic (exact) mass is 440 g/mol. The topological polar surface area (TPSA) is 107 Å². The zero-order valence-electron chi connectivity index (χ0n) is 16.9. The first-order valence-corrected chi connectivity index (χ1v) is 10.4. The second-order valence-electron chi connectivity index (χ2n) is 6.90. The normalized spacial score (nSPS) is 15.9. The lowest BCUT2D eigenvalue weighted by atomic mass is 10.1. The van der Waals surface area contributed by atoms with E-state index in [9.17, 15) is 24.5 Å². The van der Waals surface area contributed by atoms with Crippen LogP contribution in [-0.2, 0) is 4.79 Å². The number of carbonyl (C=O) groups is 3. The Balaban J connectivity index is 1.68. The molecule has 8 nitrogen and oxygen atoms in total. The van der Waals surface area contributed by atoms with E-state index in [2.05, 4.69) is 0 Å². The smallest absolute Gasteiger partial charge is 0.293 e. The maximum Gasteiger partial charge on any atom is 0.293 e. The molecule has 0 saturated carbocycles. The predicted octanol–water partition coefficient (Wildman–Crippen LogP) is 4.69. The summed E-state index contributed by atoms with van der Waals surface area (Å²) in [4.78, 5) is 48.6. The molecule has 160 valence electrons. The van der Waals surface area contributed by atoms with Gasteiger partial charge in [0.25, 0.3) is 16.8 Å². The van der Waals surface area contributed by atoms with Gasteiger partial charge in [-0.15, -0.1) is 0 Å². The lowest BCUT2D eigenvalue weighted by Crippen LogP contribution is -2.33. The minimum absolute atomic E-state index is 0.0932. The number of nitro groups is 1. The number of ether oxygens (including phenoxy) is 1. The molecule has 1 heterocycles. The molecule has 31 heavy (non-hydrogen) atoms. The molecule has 2 aromatic rings. The number of non-ortho nitro benzene ring substituents is 1. The molecule has 1 aliphatic rings. The van der Waals surface area contributed by atoms with Crippen molar-refractivity contribution in [2.24, 2.45) is 0 Å². The Morgan fingerprint density at radius 1 is 1.16 bits per heavy atom. The van der Waals surface area contributed by atoms with E-state index in [0.29, 0.717) is 5.75 Å². The summed E-state index contributed by atoms with van der Waals surface area (Å²) in [6.45, 7) is 3.57. The van der Waals surface area contributed by atoms with Crippen LogP contribution in [-0.4, -0.2) is 39.4 Å². The molecule has 1 atom stereocenters. The minimum Gasteiger partial charge on any atom is -0.491 e. The van der Waals surface area contributed by atoms with Gasteiger partial charge in [0.1, 0.15) is 5.75 Å². The molecule has 0 spiro atoms. The highest BCUT2D eigenvalue weighted by Gasteiger charge is 2.36. The number of hydrogen-bond acceptors (Lipinski definition) is 7. The third-order valence-electron chi connectivity index (χ3n) is 4.67. The fourth-order valence-electron chi connectivity index (χ4n) is 2.75. The Bertz CT molecular complexity index is 1050. The molecule has 1 fully saturated rings. The van der Waals surface area contributed by atoms with Crippen LogP contribution in [0.5, 0.6) is 5.75 Å². The summed E-state index contributed by atoms with van der Waals surface area (Å²) in [6, 6.07) is 12.2. The molecular formula is C22H20N2O6S. The first kappa shape index (κ1) is 22.2. The molecule has 0 N–H and O–H groups in total. The Morgan fingerprint density at radius 2 is 1.81 bits per heavy atom. The Hall–Kier alpha value is -3.46. The van der Waals surface area contributed by atoms with Gasteiger partial charge in [-0.1, -0.05) is 19.1 Å². The summed E-state index contributed by atoms with van der Waals surface area (Å²) >= 11 is 0.764. The van der Waals surface area contributed by atoms with Crippen LogP contribution >= 0.6 is 11.8 Å². The van der Waals surface area contributed by atoms with Gasteiger partial charge in [0.05, 0.1) is 22.5 Å². The fraction of sp³-hybridized carbons (Fsp3) is 0.227. The SMILES string of the molecule is CC[C@H](C)Oc1ccc(/C=C2\SC(=O)N(CC(=O)c3ccc([N+](=O)[O-])cc3)C2=O)cc1. The number of thioether (sulfide) groups is 1. The fourth-order valence-corrected chi connectivity index (χ4v) is 3.59. The van der Waals surface area contributed by atoms with Crippen molar-refractivity contribution in [3.05, 3.63) is 74.7 Å². The molecule has 2 aromatic carbocycles. The maximum atomic E-state index is 12.6. The van der Waals surface area contributed by atoms with Crippen molar-refractivity contribution in [1.82, 2.24) is 4.90 Å². The van der Waals surface area contributed by atoms with Gasteiger partial charge in [0.2, 0.25) is 0 Å². The molecule has 0 unspecified atom stereocenters. The quantitative estimate of drug-likeness (QED) is 0.254. The first-order chi connectivity index (χ1) is 14.8. The molecule has 0 radical (unpaired) electrons. The summed E-state index contributed by atoms with van der Waals surface area (Å²) in [6.07, 6.45) is 2.57. The van der Waals surface area contributed by atoms with Crippen molar-refractivity contribution in [1.29, 1.82) is 0 Å². The van der Waals surface area contributed by atoms with Gasteiger partial charge in [-0.05, 0) is 61.0 Å². The highest BCUT2D eigenvalue weighted by molar-refractivity contribution is 8.18. The third-order valence-corrected chi connectivity index (χ3v) is 5.57. The zero-order valence-corrected chi connectivity index (χ0v) is 17.8. The average molecular weight is 440 g/mol. The van der Waals surface area contributed by atoms with Gasteiger partial charge < -0.3 is 4.74 Å². The van der Waals surface area contributed by atoms with Crippen LogP contribution < -0.4 is 4.74 Å². The van der Waals surface area contributed by atoms with Gasteiger partial charge in [-0.25, -0.2) is 0 Å². The van der Waals surface area contributed by atoms with Crippen LogP contribution in [0.25, 0.3) is 6.08 Å². The Kier molecular flexibility index (Phi) is 6.86. The van der Waals surface area contributed by atoms with Crippen LogP contribution in [0.3, 0.4) is 0 Å². The molecular weight excluding hydrogens is 420 g/mol. The Morgan fingerprint density at radius 3 is 2.39 bits per heavy atom. The molecule has 0 aliphatic carbocycles. The van der Waals surface area contributed by atoms with Crippen molar-refractivity contribution in [3.8, 4) is 5.75 Å². The summed E-state index contributed by atoms with van der Waals surface area (Å²) in [5, 5.41) is 10.2. The van der Waals surface area contributed by atoms with E-state index in [-0.39, 0.29) is 22.3 Å². The highest BCUT2D eigenvalue weighted by atomic mass is 32.2. The van der Waals surface area contributed by atoms with E-state index in [1.54, 1.807) is 30.3 Å². The van der Waals surface area contributed by atoms with E-state index >= 15 is 0 Å². The number of imide groups is 1. The minimum atomic E-state index is -0.571. The summed E-state index contributed by atoms with van der Waals surface area (Å²) in [7, 11) is 0. The van der Waals surface area contributed by atoms with Crippen molar-refractivity contribution < 1.29 is 24.0 Å². The van der Waals surface area contributed by atoms with Crippen molar-refractivity contribution in [3.63, 3.8) is 0 Å². The lowest BCUT2D eigenvalue weighted by molar-refractivity contribution is -0.384. The molecule has 0 bridgehead atoms. The van der Waals surface area contributed by atoms with Crippen LogP contribution in [0, 0.1) is 10.1 Å². The largest absolute Gasteiger partial charge is 0.491 e. The molecule has 2 amide bonds. The van der Waals surface area contributed by atoms with Gasteiger partial charge in [0, 0.05) is 17.7 Å². The van der Waals surface area contributed by atoms with E-state index < -0.39 is 28.4 Å². The number of benzene rings is 2. The summed E-state index contributed by atoms with van der Waals surface area (Å²) < 4.78 is 5.72. The standard InChI is InChI=1S/C22H20N2O6S/c1-3-14(2)30-18-10-4-15(5-11-18)12-20-21(26)23(22(27)31-20)13-19(25)16-6-8-17(9-7-16)24(28)29/h4-12,14H,3,13H2,1-2H3/b20-12-/t14-/m0/s1. The number of nitro benzene ring substituents is 1. The van der Waals surface area contributed by atoms with Crippen LogP contribution in [0.15, 0.2) is 53.4 Å². The molecule has 1 saturated heterocycles. The average Bonchev–Trinajstić information content (AvgIpc) is 3.02. The van der Waals surface area contributed by atoms with E-state index in [1.165, 1.54) is 24.3 Å². The number of Topliss-reactive ketones (excluding diaryl/α,β-unsaturated/α-hetero) is 1. The van der Waals surface area contributed by atoms with Crippen LogP contribution in [0.4, 0.5) is 10.5 Å². The molecule has 1 aliphatic heterocycles. The van der Waals surface area contributed by atoms with Crippen molar-refractivity contribution >= 4 is 40.5 Å². The number of ketones is 1. The molecule has 9 heteroatoms. The van der Waals surface area contributed by atoms with Gasteiger partial charge in [-0.2, -0.15) is 0 Å². The van der Waals surface area contributed by atoms with E-state index in [0.717, 1.165) is 28.6 Å². The number of amides is 2. The Labute approximate surface area is 183 Å². The van der Waals surface area contributed by atoms with Crippen molar-refractivity contribution in [2.75, 3.05) is 6.54 Å². The number of hydrogen-bond donors (Lipinski definition) is 0. The van der Waals surface area contributed by atoms with E-state index in [4.69, 9.17) is 4.74 Å². The van der Waals surface area contributed by atoms with Crippen LogP contribution in [0.2, 0.25) is 0 Å². The van der Waals surface area contributed by atoms with Crippen molar-refractivity contribution in [2.45, 2.75) is 26.4 Å². The highest BCUT2D eigenvalue weighted by Crippen LogP contribution is 2.32. The second kappa shape index (κ2) is 9.57. The third kappa shape index (κ3) is 5.37. The molecule has 3 rings (SSSR count). The molecule has 0 aromatic heterocycles. The zero-order chi connectivity index (χ0) is 22.5. The van der Waals surface area contributed by atoms with Crippen LogP contribution in [0.1, 0.15) is 36.2 Å². The number of nitrogens with zero attached hydrogens (tertiary/aromatic N) is 2. The van der Waals surface area contributed by atoms with Gasteiger partial charge in [-0.3, -0.25) is 29.4 Å². The number of carbonyl (C=O) groups excluding carboxylic acids is 3. The second-order valence-corrected chi connectivity index (χ2v) is 7.89. The maximum absolute atomic E-state index is 12.6. The lowest BCUT2D eigenvalue weighted by Gasteiger charge is -2.12. The van der Waals surface area contributed by atoms with Gasteiger partial charge in [0.15, 0.2) is 5.78 Å². The first-order valence-electron chi connectivity index (χ1n) is 9.58. The summed E-state index contributed by atoms with van der Waals surface area (Å²) in [5.41, 5.74) is 0.764. The van der Waals surface area contributed by atoms with Gasteiger partial charge >= 0.3 is 0 Å². The predicted molar refractivity (Wildman–Crippen MR) is 117 cm³/mol.